The molecule has 0 bridgehead atoms. The highest BCUT2D eigenvalue weighted by Crippen LogP contribution is 2.26. The van der Waals surface area contributed by atoms with E-state index >= 15 is 0 Å². The van der Waals surface area contributed by atoms with Crippen molar-refractivity contribution in [2.45, 2.75) is 12.5 Å². The predicted octanol–water partition coefficient (Wildman–Crippen LogP) is 3.22. The Hall–Kier alpha value is -2.00. The van der Waals surface area contributed by atoms with Crippen molar-refractivity contribution in [1.29, 1.82) is 0 Å². The minimum atomic E-state index is -0.0677. The molecule has 1 aliphatic rings. The molecule has 1 saturated heterocycles. The molecule has 3 rings (SSSR count). The van der Waals surface area contributed by atoms with Gasteiger partial charge in [-0.05, 0) is 43.3 Å². The van der Waals surface area contributed by atoms with Crippen molar-refractivity contribution >= 4 is 0 Å². The number of hydrogen-bond acceptors (Lipinski definition) is 3. The molecule has 1 fully saturated rings. The van der Waals surface area contributed by atoms with Gasteiger partial charge in [0.05, 0.1) is 0 Å². The number of ether oxygens (including phenoxy) is 2. The largest absolute Gasteiger partial charge is 0.485 e. The van der Waals surface area contributed by atoms with Gasteiger partial charge in [0.25, 0.3) is 0 Å². The zero-order valence-corrected chi connectivity index (χ0v) is 10.9. The summed E-state index contributed by atoms with van der Waals surface area (Å²) >= 11 is 0. The number of rotatable bonds is 4. The quantitative estimate of drug-likeness (QED) is 0.910. The van der Waals surface area contributed by atoms with Gasteiger partial charge in [0.2, 0.25) is 0 Å². The lowest BCUT2D eigenvalue weighted by atomic mass is 10.00. The molecule has 0 atom stereocenters. The van der Waals surface area contributed by atoms with Gasteiger partial charge in [0, 0.05) is 13.1 Å². The van der Waals surface area contributed by atoms with E-state index in [1.807, 2.05) is 54.6 Å². The third-order valence-electron chi connectivity index (χ3n) is 3.16. The van der Waals surface area contributed by atoms with Gasteiger partial charge in [0.15, 0.2) is 0 Å². The molecule has 3 nitrogen and oxygen atoms in total. The minimum absolute atomic E-state index is 0.0677. The third-order valence-corrected chi connectivity index (χ3v) is 3.16. The Balaban J connectivity index is 1.65. The van der Waals surface area contributed by atoms with Gasteiger partial charge in [-0.15, -0.1) is 0 Å². The number of nitrogens with one attached hydrogen (secondary N) is 1. The molecular formula is C16H17NO2. The normalized spacial score (nSPS) is 16.5. The van der Waals surface area contributed by atoms with Crippen LogP contribution in [0.3, 0.4) is 0 Å². The lowest BCUT2D eigenvalue weighted by Gasteiger charge is -2.39. The van der Waals surface area contributed by atoms with E-state index in [1.165, 1.54) is 0 Å². The first-order valence-electron chi connectivity index (χ1n) is 6.46. The standard InChI is InChI=1S/C16H17NO2/c1-16(11-17-12-16)19-15-9-7-14(8-10-15)18-13-5-3-2-4-6-13/h2-10,17H,11-12H2,1H3. The molecule has 0 saturated carbocycles. The van der Waals surface area contributed by atoms with Crippen LogP contribution in [0.1, 0.15) is 6.92 Å². The molecule has 0 aliphatic carbocycles. The van der Waals surface area contributed by atoms with E-state index < -0.39 is 0 Å². The van der Waals surface area contributed by atoms with Crippen LogP contribution in [-0.4, -0.2) is 18.7 Å². The first-order valence-corrected chi connectivity index (χ1v) is 6.46. The van der Waals surface area contributed by atoms with Crippen LogP contribution in [0.2, 0.25) is 0 Å². The molecule has 0 radical (unpaired) electrons. The van der Waals surface area contributed by atoms with E-state index in [1.54, 1.807) is 0 Å². The monoisotopic (exact) mass is 255 g/mol. The van der Waals surface area contributed by atoms with E-state index in [2.05, 4.69) is 12.2 Å². The summed E-state index contributed by atoms with van der Waals surface area (Å²) in [7, 11) is 0. The number of para-hydroxylation sites is 1. The Bertz CT molecular complexity index is 532. The molecule has 0 unspecified atom stereocenters. The molecule has 1 aliphatic heterocycles. The molecular weight excluding hydrogens is 238 g/mol. The SMILES string of the molecule is CC1(Oc2ccc(Oc3ccccc3)cc2)CNC1. The van der Waals surface area contributed by atoms with Crippen LogP contribution >= 0.6 is 0 Å². The van der Waals surface area contributed by atoms with E-state index in [0.717, 1.165) is 30.3 Å². The first-order chi connectivity index (χ1) is 9.23. The van der Waals surface area contributed by atoms with Crippen LogP contribution in [0.5, 0.6) is 17.2 Å². The summed E-state index contributed by atoms with van der Waals surface area (Å²) in [6.07, 6.45) is 0. The topological polar surface area (TPSA) is 30.5 Å². The highest BCUT2D eigenvalue weighted by atomic mass is 16.5. The minimum Gasteiger partial charge on any atom is -0.485 e. The van der Waals surface area contributed by atoms with Gasteiger partial charge in [-0.1, -0.05) is 18.2 Å². The summed E-state index contributed by atoms with van der Waals surface area (Å²) in [6.45, 7) is 3.91. The molecule has 1 N–H and O–H groups in total. The second kappa shape index (κ2) is 4.94. The Morgan fingerprint density at radius 2 is 1.42 bits per heavy atom. The van der Waals surface area contributed by atoms with Crippen molar-refractivity contribution in [1.82, 2.24) is 5.32 Å². The van der Waals surface area contributed by atoms with E-state index in [-0.39, 0.29) is 5.60 Å². The molecule has 0 amide bonds. The van der Waals surface area contributed by atoms with Gasteiger partial charge in [-0.3, -0.25) is 0 Å². The summed E-state index contributed by atoms with van der Waals surface area (Å²) in [5.41, 5.74) is -0.0677. The van der Waals surface area contributed by atoms with Gasteiger partial charge in [-0.25, -0.2) is 0 Å². The van der Waals surface area contributed by atoms with E-state index in [4.69, 9.17) is 9.47 Å². The number of benzene rings is 2. The van der Waals surface area contributed by atoms with Crippen LogP contribution < -0.4 is 14.8 Å². The summed E-state index contributed by atoms with van der Waals surface area (Å²) in [4.78, 5) is 0. The van der Waals surface area contributed by atoms with Crippen molar-refractivity contribution < 1.29 is 9.47 Å². The molecule has 98 valence electrons. The zero-order valence-electron chi connectivity index (χ0n) is 10.9. The fourth-order valence-corrected chi connectivity index (χ4v) is 2.03. The van der Waals surface area contributed by atoms with Crippen molar-refractivity contribution in [3.63, 3.8) is 0 Å². The molecule has 19 heavy (non-hydrogen) atoms. The lowest BCUT2D eigenvalue weighted by molar-refractivity contribution is 0.0348. The van der Waals surface area contributed by atoms with Crippen LogP contribution in [-0.2, 0) is 0 Å². The average Bonchev–Trinajstić information content (AvgIpc) is 2.40. The zero-order chi connectivity index (χ0) is 13.1. The van der Waals surface area contributed by atoms with E-state index in [9.17, 15) is 0 Å². The molecule has 0 aromatic heterocycles. The second-order valence-electron chi connectivity index (χ2n) is 5.04. The van der Waals surface area contributed by atoms with Gasteiger partial charge in [0.1, 0.15) is 22.8 Å². The second-order valence-corrected chi connectivity index (χ2v) is 5.04. The predicted molar refractivity (Wildman–Crippen MR) is 74.9 cm³/mol. The van der Waals surface area contributed by atoms with Crippen LogP contribution in [0.25, 0.3) is 0 Å². The Kier molecular flexibility index (Phi) is 3.13. The summed E-state index contributed by atoms with van der Waals surface area (Å²) in [5.74, 6) is 2.53. The number of hydrogen-bond donors (Lipinski definition) is 1. The smallest absolute Gasteiger partial charge is 0.131 e. The summed E-state index contributed by atoms with van der Waals surface area (Å²) < 4.78 is 11.7. The van der Waals surface area contributed by atoms with E-state index in [0.29, 0.717) is 0 Å². The van der Waals surface area contributed by atoms with Gasteiger partial charge in [-0.2, -0.15) is 0 Å². The van der Waals surface area contributed by atoms with Crippen LogP contribution in [0.15, 0.2) is 54.6 Å². The molecule has 2 aromatic carbocycles. The highest BCUT2D eigenvalue weighted by Gasteiger charge is 2.33. The molecule has 1 heterocycles. The van der Waals surface area contributed by atoms with Crippen molar-refractivity contribution in [3.05, 3.63) is 54.6 Å². The maximum atomic E-state index is 5.92. The van der Waals surface area contributed by atoms with Crippen LogP contribution in [0, 0.1) is 0 Å². The molecule has 2 aromatic rings. The van der Waals surface area contributed by atoms with Crippen molar-refractivity contribution in [2.24, 2.45) is 0 Å². The summed E-state index contributed by atoms with van der Waals surface area (Å²) in [6, 6.07) is 17.5. The van der Waals surface area contributed by atoms with Gasteiger partial charge < -0.3 is 14.8 Å². The third kappa shape index (κ3) is 2.88. The van der Waals surface area contributed by atoms with Crippen molar-refractivity contribution in [2.75, 3.05) is 13.1 Å². The molecule has 0 spiro atoms. The Morgan fingerprint density at radius 3 is 2.00 bits per heavy atom. The maximum Gasteiger partial charge on any atom is 0.131 e. The Morgan fingerprint density at radius 1 is 0.842 bits per heavy atom. The first kappa shape index (κ1) is 12.1. The lowest BCUT2D eigenvalue weighted by Crippen LogP contribution is -2.60. The highest BCUT2D eigenvalue weighted by molar-refractivity contribution is 5.35. The fourth-order valence-electron chi connectivity index (χ4n) is 2.03. The summed E-state index contributed by atoms with van der Waals surface area (Å²) in [5, 5.41) is 3.22. The Labute approximate surface area is 113 Å². The average molecular weight is 255 g/mol. The van der Waals surface area contributed by atoms with Crippen LogP contribution in [0.4, 0.5) is 0 Å². The molecule has 3 heteroatoms. The van der Waals surface area contributed by atoms with Crippen molar-refractivity contribution in [3.8, 4) is 17.2 Å². The maximum absolute atomic E-state index is 5.92. The van der Waals surface area contributed by atoms with Gasteiger partial charge >= 0.3 is 0 Å². The fraction of sp³-hybridized carbons (Fsp3) is 0.250.